The summed E-state index contributed by atoms with van der Waals surface area (Å²) in [5.74, 6) is 1.07. The molecule has 1 aromatic heterocycles. The number of fused-ring (bicyclic) bond motifs is 1. The van der Waals surface area contributed by atoms with Crippen LogP contribution in [0.1, 0.15) is 62.1 Å². The first-order valence-corrected chi connectivity index (χ1v) is 21.6. The number of likely N-dealkylation sites (tertiary alicyclic amines) is 1. The molecule has 0 aliphatic carbocycles. The molecule has 3 N–H and O–H groups in total. The Hall–Kier alpha value is -6.41. The van der Waals surface area contributed by atoms with Crippen molar-refractivity contribution in [2.75, 3.05) is 33.1 Å². The highest BCUT2D eigenvalue weighted by atomic mass is 32.2. The van der Waals surface area contributed by atoms with Crippen LogP contribution in [0.3, 0.4) is 0 Å². The Labute approximate surface area is 359 Å². The lowest BCUT2D eigenvalue weighted by Crippen LogP contribution is -2.51. The maximum Gasteiger partial charge on any atom is 0.407 e. The lowest BCUT2D eigenvalue weighted by atomic mass is 9.96. The van der Waals surface area contributed by atoms with Gasteiger partial charge in [0.05, 0.1) is 37.9 Å². The third kappa shape index (κ3) is 8.76. The van der Waals surface area contributed by atoms with Gasteiger partial charge in [-0.3, -0.25) is 14.6 Å². The van der Waals surface area contributed by atoms with Crippen LogP contribution in [0.15, 0.2) is 108 Å². The van der Waals surface area contributed by atoms with E-state index >= 15 is 0 Å². The number of aliphatic imine (C=N–C) groups is 1. The third-order valence-electron chi connectivity index (χ3n) is 11.6. The van der Waals surface area contributed by atoms with Gasteiger partial charge < -0.3 is 34.9 Å². The number of hydrogen-bond donors (Lipinski definition) is 3. The summed E-state index contributed by atoms with van der Waals surface area (Å²) in [7, 11) is 2.58. The number of aromatic amines is 1. The fourth-order valence-corrected chi connectivity index (χ4v) is 9.59. The lowest BCUT2D eigenvalue weighted by Gasteiger charge is -2.30. The van der Waals surface area contributed by atoms with Crippen LogP contribution in [-0.4, -0.2) is 94.0 Å². The second-order valence-corrected chi connectivity index (χ2v) is 17.0. The molecule has 2 saturated heterocycles. The standard InChI is InChI=1S/C47H49N7O6S/c1-28(2)40(51-46(57)59-3)43(55)53-20-8-11-39(53)42-49-27-38(50-42)35-19-18-33-23-32(16-17-34(33)24-35)29-12-14-30(15-13-29)36-25-37(48-26-36)45-54(21-22-61-45)44(56)41(52-47(58)60-4)31-9-6-5-7-10-31/h5-7,9-10,12-19,23-24,26-28,39-41,45H,8,11,20-22,25H2,1-4H3,(H,49,50)(H,51,57)(H,52,58)/t39-,40-,41+,45-/m0/s1. The van der Waals surface area contributed by atoms with Crippen LogP contribution in [-0.2, 0) is 19.1 Å². The van der Waals surface area contributed by atoms with Gasteiger partial charge in [-0.2, -0.15) is 0 Å². The zero-order valence-electron chi connectivity index (χ0n) is 34.6. The van der Waals surface area contributed by atoms with E-state index in [1.54, 1.807) is 11.8 Å². The van der Waals surface area contributed by atoms with Crippen LogP contribution >= 0.6 is 11.8 Å². The van der Waals surface area contributed by atoms with Crippen LogP contribution in [0.5, 0.6) is 0 Å². The topological polar surface area (TPSA) is 158 Å². The van der Waals surface area contributed by atoms with Crippen LogP contribution in [0.25, 0.3) is 38.7 Å². The van der Waals surface area contributed by atoms with Gasteiger partial charge in [0.25, 0.3) is 5.91 Å². The summed E-state index contributed by atoms with van der Waals surface area (Å²) in [6, 6.07) is 28.8. The van der Waals surface area contributed by atoms with E-state index < -0.39 is 24.3 Å². The molecule has 0 radical (unpaired) electrons. The Balaban J connectivity index is 0.914. The molecule has 4 aromatic carbocycles. The Morgan fingerprint density at radius 1 is 0.787 bits per heavy atom. The number of amides is 4. The number of carbonyl (C=O) groups excluding carboxylic acids is 4. The highest BCUT2D eigenvalue weighted by Gasteiger charge is 2.39. The minimum Gasteiger partial charge on any atom is -0.453 e. The van der Waals surface area contributed by atoms with Gasteiger partial charge in [0.15, 0.2) is 0 Å². The van der Waals surface area contributed by atoms with Crippen molar-refractivity contribution in [1.29, 1.82) is 0 Å². The highest BCUT2D eigenvalue weighted by molar-refractivity contribution is 8.00. The number of hydrogen-bond acceptors (Lipinski definition) is 9. The molecule has 61 heavy (non-hydrogen) atoms. The third-order valence-corrected chi connectivity index (χ3v) is 12.9. The summed E-state index contributed by atoms with van der Waals surface area (Å²) < 4.78 is 9.61. The smallest absolute Gasteiger partial charge is 0.407 e. The van der Waals surface area contributed by atoms with Crippen LogP contribution in [0.4, 0.5) is 9.59 Å². The molecule has 4 atom stereocenters. The predicted octanol–water partition coefficient (Wildman–Crippen LogP) is 8.13. The van der Waals surface area contributed by atoms with Gasteiger partial charge in [-0.15, -0.1) is 11.8 Å². The molecule has 2 fully saturated rings. The molecule has 14 heteroatoms. The molecule has 0 saturated carbocycles. The quantitative estimate of drug-likeness (QED) is 0.120. The van der Waals surface area contributed by atoms with Crippen molar-refractivity contribution >= 4 is 57.8 Å². The second-order valence-electron chi connectivity index (χ2n) is 15.8. The molecular weight excluding hydrogens is 791 g/mol. The summed E-state index contributed by atoms with van der Waals surface area (Å²) >= 11 is 1.69. The summed E-state index contributed by atoms with van der Waals surface area (Å²) in [6.45, 7) is 4.96. The molecule has 3 aliphatic heterocycles. The molecule has 4 amide bonds. The highest BCUT2D eigenvalue weighted by Crippen LogP contribution is 2.37. The van der Waals surface area contributed by atoms with E-state index in [-0.39, 0.29) is 29.1 Å². The molecule has 8 rings (SSSR count). The zero-order chi connectivity index (χ0) is 42.6. The molecule has 0 unspecified atom stereocenters. The monoisotopic (exact) mass is 839 g/mol. The maximum absolute atomic E-state index is 13.9. The first-order chi connectivity index (χ1) is 29.6. The average Bonchev–Trinajstić information content (AvgIpc) is 4.14. The number of imidazole rings is 1. The SMILES string of the molecule is COC(=O)N[C@H](C(=O)N1CCC[C@H]1c1ncc(-c2ccc3cc(-c4ccc(C5=CN=C([C@@H]6SCCN6C(=O)[C@H](NC(=O)OC)c6ccccc6)C5)cc4)ccc3c2)[nH]1)C(C)C. The largest absolute Gasteiger partial charge is 0.453 e. The molecule has 5 aromatic rings. The second kappa shape index (κ2) is 18.1. The first kappa shape index (κ1) is 41.3. The molecule has 3 aliphatic rings. The number of aromatic nitrogens is 2. The Morgan fingerprint density at radius 2 is 1.46 bits per heavy atom. The maximum atomic E-state index is 13.9. The molecule has 0 spiro atoms. The molecule has 314 valence electrons. The van der Waals surface area contributed by atoms with Crippen LogP contribution in [0, 0.1) is 5.92 Å². The number of ether oxygens (including phenoxy) is 2. The zero-order valence-corrected chi connectivity index (χ0v) is 35.4. The molecular formula is C47H49N7O6S. The Kier molecular flexibility index (Phi) is 12.2. The van der Waals surface area contributed by atoms with Gasteiger partial charge in [0.2, 0.25) is 5.91 Å². The summed E-state index contributed by atoms with van der Waals surface area (Å²) in [6.07, 6.45) is 4.70. The van der Waals surface area contributed by atoms with Gasteiger partial charge in [-0.25, -0.2) is 14.6 Å². The van der Waals surface area contributed by atoms with Gasteiger partial charge in [-0.1, -0.05) is 92.7 Å². The molecule has 4 heterocycles. The number of nitrogens with one attached hydrogen (secondary N) is 3. The normalized spacial score (nSPS) is 18.4. The minimum absolute atomic E-state index is 0.106. The molecule has 0 bridgehead atoms. The first-order valence-electron chi connectivity index (χ1n) is 20.5. The van der Waals surface area contributed by atoms with Crippen molar-refractivity contribution in [1.82, 2.24) is 30.4 Å². The number of H-pyrrole nitrogens is 1. The van der Waals surface area contributed by atoms with E-state index in [2.05, 4.69) is 76.3 Å². The summed E-state index contributed by atoms with van der Waals surface area (Å²) in [5.41, 5.74) is 7.83. The van der Waals surface area contributed by atoms with Crippen molar-refractivity contribution < 1.29 is 28.7 Å². The number of methoxy groups -OCH3 is 2. The van der Waals surface area contributed by atoms with Gasteiger partial charge in [0, 0.05) is 37.0 Å². The fraction of sp³-hybridized carbons (Fsp3) is 0.319. The van der Waals surface area contributed by atoms with E-state index in [1.165, 1.54) is 14.2 Å². The van der Waals surface area contributed by atoms with Crippen molar-refractivity contribution in [3.63, 3.8) is 0 Å². The van der Waals surface area contributed by atoms with Crippen molar-refractivity contribution in [3.05, 3.63) is 120 Å². The number of carbonyl (C=O) groups is 4. The number of alkyl carbamates (subject to hydrolysis) is 2. The summed E-state index contributed by atoms with van der Waals surface area (Å²) in [4.78, 5) is 68.4. The van der Waals surface area contributed by atoms with E-state index in [4.69, 9.17) is 19.5 Å². The number of rotatable bonds is 11. The predicted molar refractivity (Wildman–Crippen MR) is 238 cm³/mol. The number of nitrogens with zero attached hydrogens (tertiary/aromatic N) is 4. The van der Waals surface area contributed by atoms with Gasteiger partial charge in [0.1, 0.15) is 23.3 Å². The van der Waals surface area contributed by atoms with Crippen molar-refractivity contribution in [3.8, 4) is 22.4 Å². The summed E-state index contributed by atoms with van der Waals surface area (Å²) in [5, 5.41) is 7.40. The minimum atomic E-state index is -0.866. The Bertz CT molecular complexity index is 2500. The van der Waals surface area contributed by atoms with Gasteiger partial charge in [-0.05, 0) is 69.5 Å². The van der Waals surface area contributed by atoms with E-state index in [9.17, 15) is 19.2 Å². The van der Waals surface area contributed by atoms with Crippen LogP contribution < -0.4 is 10.6 Å². The van der Waals surface area contributed by atoms with E-state index in [0.717, 1.165) is 74.4 Å². The number of benzene rings is 4. The number of thioether (sulfide) groups is 1. The number of allylic oxidation sites excluding steroid dienone is 1. The lowest BCUT2D eigenvalue weighted by molar-refractivity contribution is -0.135. The van der Waals surface area contributed by atoms with E-state index in [1.807, 2.05) is 66.4 Å². The van der Waals surface area contributed by atoms with E-state index in [0.29, 0.717) is 25.1 Å². The fourth-order valence-electron chi connectivity index (χ4n) is 8.34. The van der Waals surface area contributed by atoms with Crippen molar-refractivity contribution in [2.24, 2.45) is 10.9 Å². The van der Waals surface area contributed by atoms with Crippen LogP contribution in [0.2, 0.25) is 0 Å². The average molecular weight is 840 g/mol. The molecule has 13 nitrogen and oxygen atoms in total. The van der Waals surface area contributed by atoms with Crippen molar-refractivity contribution in [2.45, 2.75) is 56.6 Å². The van der Waals surface area contributed by atoms with Gasteiger partial charge >= 0.3 is 12.2 Å². The Morgan fingerprint density at radius 3 is 2.18 bits per heavy atom.